The summed E-state index contributed by atoms with van der Waals surface area (Å²) in [5, 5.41) is 1.25. The van der Waals surface area contributed by atoms with E-state index in [0.29, 0.717) is 6.54 Å². The molecule has 0 spiro atoms. The highest BCUT2D eigenvalue weighted by atomic mass is 32.2. The van der Waals surface area contributed by atoms with E-state index in [0.717, 1.165) is 18.4 Å². The molecule has 2 N–H and O–H groups in total. The molecule has 2 amide bonds. The van der Waals surface area contributed by atoms with E-state index < -0.39 is 21.2 Å². The Bertz CT molecular complexity index is 579. The number of unbranched alkanes of at least 4 members (excludes halogenated alkanes) is 1. The minimum Gasteiger partial charge on any atom is -0.337 e. The number of benzene rings is 1. The van der Waals surface area contributed by atoms with E-state index in [2.05, 4.69) is 5.32 Å². The molecule has 0 aromatic heterocycles. The van der Waals surface area contributed by atoms with E-state index in [-0.39, 0.29) is 5.56 Å². The molecule has 0 fully saturated rings. The first kappa shape index (κ1) is 16.2. The number of nitrogens with one attached hydrogen (secondary N) is 2. The molecule has 0 aliphatic rings. The standard InChI is InChI=1S/C13H18N2O4S/c1-3-4-9-14-13(17)15-20(18,19)12(16)11-7-5-10(2)6-8-11/h5-8H,3-4,9H2,1-2H3,(H2,14,15,17). The van der Waals surface area contributed by atoms with Crippen LogP contribution in [0.15, 0.2) is 24.3 Å². The molecular weight excluding hydrogens is 280 g/mol. The minimum atomic E-state index is -4.36. The second-order valence-electron chi connectivity index (χ2n) is 4.37. The summed E-state index contributed by atoms with van der Waals surface area (Å²) in [6, 6.07) is 5.19. The number of hydrogen-bond donors (Lipinski definition) is 2. The Hall–Kier alpha value is -1.89. The van der Waals surface area contributed by atoms with E-state index in [1.54, 1.807) is 16.9 Å². The number of urea groups is 1. The van der Waals surface area contributed by atoms with Crippen LogP contribution in [0.3, 0.4) is 0 Å². The van der Waals surface area contributed by atoms with E-state index in [9.17, 15) is 18.0 Å². The van der Waals surface area contributed by atoms with Crippen LogP contribution in [0, 0.1) is 6.92 Å². The van der Waals surface area contributed by atoms with Gasteiger partial charge in [-0.25, -0.2) is 9.52 Å². The number of carbonyl (C=O) groups excluding carboxylic acids is 2. The number of rotatable bonds is 4. The topological polar surface area (TPSA) is 92.3 Å². The summed E-state index contributed by atoms with van der Waals surface area (Å²) in [6.07, 6.45) is 1.61. The van der Waals surface area contributed by atoms with Gasteiger partial charge in [-0.3, -0.25) is 4.79 Å². The molecule has 1 aromatic carbocycles. The molecule has 0 atom stereocenters. The zero-order chi connectivity index (χ0) is 15.2. The SMILES string of the molecule is CCCCNC(=O)NS(=O)(=O)C(=O)c1ccc(C)cc1. The van der Waals surface area contributed by atoms with Crippen LogP contribution >= 0.6 is 0 Å². The normalized spacial score (nSPS) is 10.9. The largest absolute Gasteiger partial charge is 0.337 e. The molecule has 1 aromatic rings. The van der Waals surface area contributed by atoms with Crippen LogP contribution in [0.25, 0.3) is 0 Å². The maximum absolute atomic E-state index is 11.8. The van der Waals surface area contributed by atoms with Crippen molar-refractivity contribution in [3.8, 4) is 0 Å². The Labute approximate surface area is 118 Å². The van der Waals surface area contributed by atoms with Gasteiger partial charge in [0.2, 0.25) is 0 Å². The number of hydrogen-bond acceptors (Lipinski definition) is 4. The molecule has 0 saturated carbocycles. The molecule has 0 aliphatic carbocycles. The van der Waals surface area contributed by atoms with Crippen LogP contribution in [-0.2, 0) is 10.0 Å². The number of amides is 2. The van der Waals surface area contributed by atoms with Gasteiger partial charge in [0.05, 0.1) is 0 Å². The number of aryl methyl sites for hydroxylation is 1. The van der Waals surface area contributed by atoms with Crippen molar-refractivity contribution in [3.05, 3.63) is 35.4 Å². The van der Waals surface area contributed by atoms with Gasteiger partial charge >= 0.3 is 16.1 Å². The van der Waals surface area contributed by atoms with Crippen molar-refractivity contribution in [1.29, 1.82) is 0 Å². The maximum atomic E-state index is 11.8. The van der Waals surface area contributed by atoms with Gasteiger partial charge in [-0.15, -0.1) is 0 Å². The molecular formula is C13H18N2O4S. The lowest BCUT2D eigenvalue weighted by Crippen LogP contribution is -2.42. The highest BCUT2D eigenvalue weighted by Crippen LogP contribution is 2.07. The monoisotopic (exact) mass is 298 g/mol. The van der Waals surface area contributed by atoms with Gasteiger partial charge < -0.3 is 5.32 Å². The van der Waals surface area contributed by atoms with Gasteiger partial charge in [-0.2, -0.15) is 8.42 Å². The first-order valence-corrected chi connectivity index (χ1v) is 7.77. The van der Waals surface area contributed by atoms with Gasteiger partial charge in [0.1, 0.15) is 0 Å². The third kappa shape index (κ3) is 4.65. The van der Waals surface area contributed by atoms with E-state index in [1.165, 1.54) is 12.1 Å². The van der Waals surface area contributed by atoms with Gasteiger partial charge in [0, 0.05) is 12.1 Å². The zero-order valence-corrected chi connectivity index (χ0v) is 12.3. The lowest BCUT2D eigenvalue weighted by atomic mass is 10.2. The zero-order valence-electron chi connectivity index (χ0n) is 11.5. The summed E-state index contributed by atoms with van der Waals surface area (Å²) in [5.74, 6) is 0. The summed E-state index contributed by atoms with van der Waals surface area (Å²) in [7, 11) is -4.36. The van der Waals surface area contributed by atoms with Crippen LogP contribution in [0.2, 0.25) is 0 Å². The fraction of sp³-hybridized carbons (Fsp3) is 0.385. The molecule has 7 heteroatoms. The van der Waals surface area contributed by atoms with Crippen LogP contribution in [-0.4, -0.2) is 26.1 Å². The lowest BCUT2D eigenvalue weighted by molar-refractivity contribution is 0.107. The summed E-state index contributed by atoms with van der Waals surface area (Å²) >= 11 is 0. The maximum Gasteiger partial charge on any atom is 0.328 e. The average molecular weight is 298 g/mol. The predicted octanol–water partition coefficient (Wildman–Crippen LogP) is 1.56. The summed E-state index contributed by atoms with van der Waals surface area (Å²) in [5.41, 5.74) is 0.925. The van der Waals surface area contributed by atoms with Crippen molar-refractivity contribution in [2.75, 3.05) is 6.54 Å². The summed E-state index contributed by atoms with van der Waals surface area (Å²) in [4.78, 5) is 23.2. The van der Waals surface area contributed by atoms with E-state index in [1.807, 2.05) is 13.8 Å². The minimum absolute atomic E-state index is 0.0180. The average Bonchev–Trinajstić information content (AvgIpc) is 2.38. The van der Waals surface area contributed by atoms with Crippen LogP contribution < -0.4 is 10.0 Å². The second kappa shape index (κ2) is 7.04. The molecule has 0 heterocycles. The number of sulfonamides is 1. The van der Waals surface area contributed by atoms with Crippen molar-refractivity contribution in [1.82, 2.24) is 10.0 Å². The van der Waals surface area contributed by atoms with Gasteiger partial charge in [0.25, 0.3) is 5.12 Å². The Morgan fingerprint density at radius 1 is 1.15 bits per heavy atom. The smallest absolute Gasteiger partial charge is 0.328 e. The third-order valence-electron chi connectivity index (χ3n) is 2.57. The Balaban J connectivity index is 2.71. The molecule has 20 heavy (non-hydrogen) atoms. The first-order valence-electron chi connectivity index (χ1n) is 6.28. The highest BCUT2D eigenvalue weighted by Gasteiger charge is 2.25. The molecule has 0 radical (unpaired) electrons. The first-order chi connectivity index (χ1) is 9.36. The number of carbonyl (C=O) groups is 2. The quantitative estimate of drug-likeness (QED) is 0.825. The Morgan fingerprint density at radius 3 is 2.30 bits per heavy atom. The van der Waals surface area contributed by atoms with Crippen molar-refractivity contribution in [3.63, 3.8) is 0 Å². The summed E-state index contributed by atoms with van der Waals surface area (Å²) < 4.78 is 25.2. The molecule has 6 nitrogen and oxygen atoms in total. The van der Waals surface area contributed by atoms with Crippen molar-refractivity contribution in [2.45, 2.75) is 26.7 Å². The van der Waals surface area contributed by atoms with Crippen LogP contribution in [0.1, 0.15) is 35.7 Å². The van der Waals surface area contributed by atoms with E-state index in [4.69, 9.17) is 0 Å². The molecule has 110 valence electrons. The van der Waals surface area contributed by atoms with E-state index >= 15 is 0 Å². The molecule has 0 saturated heterocycles. The molecule has 0 unspecified atom stereocenters. The Morgan fingerprint density at radius 2 is 1.75 bits per heavy atom. The van der Waals surface area contributed by atoms with Crippen molar-refractivity contribution >= 4 is 21.2 Å². The fourth-order valence-electron chi connectivity index (χ4n) is 1.43. The fourth-order valence-corrected chi connectivity index (χ4v) is 2.28. The highest BCUT2D eigenvalue weighted by molar-refractivity contribution is 8.05. The lowest BCUT2D eigenvalue weighted by Gasteiger charge is -2.07. The van der Waals surface area contributed by atoms with Crippen molar-refractivity contribution < 1.29 is 18.0 Å². The van der Waals surface area contributed by atoms with Gasteiger partial charge in [-0.05, 0) is 25.5 Å². The van der Waals surface area contributed by atoms with Gasteiger partial charge in [-0.1, -0.05) is 31.0 Å². The van der Waals surface area contributed by atoms with Crippen LogP contribution in [0.5, 0.6) is 0 Å². The molecule has 0 aliphatic heterocycles. The predicted molar refractivity (Wildman–Crippen MR) is 75.9 cm³/mol. The van der Waals surface area contributed by atoms with Gasteiger partial charge in [0.15, 0.2) is 0 Å². The second-order valence-corrected chi connectivity index (χ2v) is 5.95. The summed E-state index contributed by atoms with van der Waals surface area (Å²) in [6.45, 7) is 4.12. The van der Waals surface area contributed by atoms with Crippen LogP contribution in [0.4, 0.5) is 4.79 Å². The molecule has 1 rings (SSSR count). The Kier molecular flexibility index (Phi) is 5.69. The van der Waals surface area contributed by atoms with Crippen molar-refractivity contribution in [2.24, 2.45) is 0 Å². The third-order valence-corrected chi connectivity index (χ3v) is 3.75. The molecule has 0 bridgehead atoms.